The lowest BCUT2D eigenvalue weighted by Gasteiger charge is -2.09. The van der Waals surface area contributed by atoms with Gasteiger partial charge in [-0.25, -0.2) is 4.99 Å². The van der Waals surface area contributed by atoms with Crippen molar-refractivity contribution in [3.63, 3.8) is 0 Å². The van der Waals surface area contributed by atoms with Crippen LogP contribution in [0.5, 0.6) is 0 Å². The highest BCUT2D eigenvalue weighted by atomic mass is 79.9. The summed E-state index contributed by atoms with van der Waals surface area (Å²) in [5.41, 5.74) is 2.44. The maximum Gasteiger partial charge on any atom is 0.154 e. The highest BCUT2D eigenvalue weighted by molar-refractivity contribution is 9.10. The third-order valence-corrected chi connectivity index (χ3v) is 2.92. The summed E-state index contributed by atoms with van der Waals surface area (Å²) in [6.07, 6.45) is 2.97. The van der Waals surface area contributed by atoms with Gasteiger partial charge in [-0.3, -0.25) is 4.99 Å². The van der Waals surface area contributed by atoms with Crippen LogP contribution in [0, 0.1) is 0 Å². The van der Waals surface area contributed by atoms with Crippen molar-refractivity contribution < 1.29 is 0 Å². The van der Waals surface area contributed by atoms with Gasteiger partial charge in [-0.05, 0) is 12.0 Å². The fourth-order valence-electron chi connectivity index (χ4n) is 1.47. The summed E-state index contributed by atoms with van der Waals surface area (Å²) < 4.78 is 0. The first-order valence-corrected chi connectivity index (χ1v) is 6.03. The molecule has 1 aliphatic heterocycles. The fourth-order valence-corrected chi connectivity index (χ4v) is 1.73. The highest BCUT2D eigenvalue weighted by Crippen LogP contribution is 2.11. The molecule has 0 aliphatic carbocycles. The third-order valence-electron chi connectivity index (χ3n) is 2.39. The Labute approximate surface area is 98.3 Å². The van der Waals surface area contributed by atoms with E-state index >= 15 is 0 Å². The standard InChI is InChI=1S/C12H13BrN2/c1-2-9-3-5-10(6-4-9)12-14-7-11(13)8-15-12/h3-7,11H,2,8H2,1H3. The van der Waals surface area contributed by atoms with Gasteiger partial charge in [0.15, 0.2) is 5.84 Å². The Morgan fingerprint density at radius 1 is 1.33 bits per heavy atom. The molecule has 3 heteroatoms. The van der Waals surface area contributed by atoms with E-state index in [0.717, 1.165) is 24.4 Å². The maximum absolute atomic E-state index is 4.41. The van der Waals surface area contributed by atoms with E-state index in [1.54, 1.807) is 0 Å². The van der Waals surface area contributed by atoms with Crippen LogP contribution >= 0.6 is 15.9 Å². The predicted octanol–water partition coefficient (Wildman–Crippen LogP) is 2.84. The Morgan fingerprint density at radius 2 is 2.07 bits per heavy atom. The molecular formula is C12H13BrN2. The zero-order chi connectivity index (χ0) is 10.7. The molecule has 15 heavy (non-hydrogen) atoms. The number of aryl methyl sites for hydroxylation is 1. The fraction of sp³-hybridized carbons (Fsp3) is 0.333. The topological polar surface area (TPSA) is 24.7 Å². The molecule has 0 saturated heterocycles. The second kappa shape index (κ2) is 4.71. The summed E-state index contributed by atoms with van der Waals surface area (Å²) in [6, 6.07) is 8.44. The molecule has 1 atom stereocenters. The summed E-state index contributed by atoms with van der Waals surface area (Å²) in [5, 5.41) is 0. The summed E-state index contributed by atoms with van der Waals surface area (Å²) in [6.45, 7) is 2.93. The van der Waals surface area contributed by atoms with Crippen molar-refractivity contribution in [3.8, 4) is 0 Å². The van der Waals surface area contributed by atoms with Gasteiger partial charge in [0.25, 0.3) is 0 Å². The van der Waals surface area contributed by atoms with Gasteiger partial charge < -0.3 is 0 Å². The Morgan fingerprint density at radius 3 is 2.60 bits per heavy atom. The van der Waals surface area contributed by atoms with Gasteiger partial charge in [-0.1, -0.05) is 47.1 Å². The first-order chi connectivity index (χ1) is 7.29. The molecule has 1 heterocycles. The molecule has 0 N–H and O–H groups in total. The summed E-state index contributed by atoms with van der Waals surface area (Å²) in [4.78, 5) is 9.01. The van der Waals surface area contributed by atoms with Crippen molar-refractivity contribution >= 4 is 28.0 Å². The molecule has 1 aromatic rings. The minimum Gasteiger partial charge on any atom is -0.265 e. The van der Waals surface area contributed by atoms with E-state index in [1.807, 2.05) is 6.21 Å². The van der Waals surface area contributed by atoms with E-state index in [0.29, 0.717) is 0 Å². The summed E-state index contributed by atoms with van der Waals surface area (Å²) in [7, 11) is 0. The SMILES string of the molecule is CCc1ccc(C2=NCC(Br)C=N2)cc1. The molecule has 0 spiro atoms. The second-order valence-electron chi connectivity index (χ2n) is 3.51. The van der Waals surface area contributed by atoms with Gasteiger partial charge in [0, 0.05) is 11.8 Å². The van der Waals surface area contributed by atoms with Crippen LogP contribution in [0.25, 0.3) is 0 Å². The summed E-state index contributed by atoms with van der Waals surface area (Å²) >= 11 is 3.45. The predicted molar refractivity (Wildman–Crippen MR) is 68.4 cm³/mol. The third kappa shape index (κ3) is 2.53. The highest BCUT2D eigenvalue weighted by Gasteiger charge is 2.08. The maximum atomic E-state index is 4.41. The lowest BCUT2D eigenvalue weighted by Crippen LogP contribution is -2.14. The van der Waals surface area contributed by atoms with Crippen LogP contribution in [0.4, 0.5) is 0 Å². The summed E-state index contributed by atoms with van der Waals surface area (Å²) in [5.74, 6) is 0.841. The Kier molecular flexibility index (Phi) is 3.31. The van der Waals surface area contributed by atoms with Gasteiger partial charge in [-0.2, -0.15) is 0 Å². The molecule has 0 fully saturated rings. The minimum absolute atomic E-state index is 0.288. The van der Waals surface area contributed by atoms with Crippen LogP contribution in [0.1, 0.15) is 18.1 Å². The zero-order valence-corrected chi connectivity index (χ0v) is 10.2. The largest absolute Gasteiger partial charge is 0.265 e. The molecule has 2 nitrogen and oxygen atoms in total. The molecule has 1 aliphatic rings. The Hall–Kier alpha value is -0.960. The van der Waals surface area contributed by atoms with E-state index in [-0.39, 0.29) is 4.83 Å². The Balaban J connectivity index is 2.20. The van der Waals surface area contributed by atoms with E-state index in [4.69, 9.17) is 0 Å². The first-order valence-electron chi connectivity index (χ1n) is 5.11. The molecule has 2 rings (SSSR count). The Bertz CT molecular complexity index is 393. The molecule has 78 valence electrons. The smallest absolute Gasteiger partial charge is 0.154 e. The van der Waals surface area contributed by atoms with Crippen LogP contribution in [0.3, 0.4) is 0 Å². The first kappa shape index (κ1) is 10.6. The lowest BCUT2D eigenvalue weighted by atomic mass is 10.1. The molecule has 0 aromatic heterocycles. The lowest BCUT2D eigenvalue weighted by molar-refractivity contribution is 1.06. The van der Waals surface area contributed by atoms with Gasteiger partial charge in [0.05, 0.1) is 11.4 Å². The number of nitrogens with zero attached hydrogens (tertiary/aromatic N) is 2. The van der Waals surface area contributed by atoms with Crippen molar-refractivity contribution in [2.45, 2.75) is 18.2 Å². The van der Waals surface area contributed by atoms with E-state index in [1.165, 1.54) is 5.56 Å². The number of amidine groups is 1. The number of rotatable bonds is 2. The van der Waals surface area contributed by atoms with Gasteiger partial charge >= 0.3 is 0 Å². The zero-order valence-electron chi connectivity index (χ0n) is 8.65. The molecule has 1 unspecified atom stereocenters. The number of hydrogen-bond acceptors (Lipinski definition) is 2. The quantitative estimate of drug-likeness (QED) is 0.734. The van der Waals surface area contributed by atoms with Crippen molar-refractivity contribution in [2.75, 3.05) is 6.54 Å². The van der Waals surface area contributed by atoms with Crippen molar-refractivity contribution in [3.05, 3.63) is 35.4 Å². The average Bonchev–Trinajstić information content (AvgIpc) is 2.30. The van der Waals surface area contributed by atoms with Crippen LogP contribution in [0.15, 0.2) is 34.3 Å². The van der Waals surface area contributed by atoms with E-state index in [9.17, 15) is 0 Å². The number of alkyl halides is 1. The van der Waals surface area contributed by atoms with E-state index < -0.39 is 0 Å². The van der Waals surface area contributed by atoms with Gasteiger partial charge in [0.2, 0.25) is 0 Å². The van der Waals surface area contributed by atoms with Crippen LogP contribution in [-0.4, -0.2) is 23.4 Å². The van der Waals surface area contributed by atoms with Crippen LogP contribution in [-0.2, 0) is 6.42 Å². The van der Waals surface area contributed by atoms with Gasteiger partial charge in [-0.15, -0.1) is 0 Å². The van der Waals surface area contributed by atoms with E-state index in [2.05, 4.69) is 57.1 Å². The normalized spacial score (nSPS) is 20.1. The van der Waals surface area contributed by atoms with Crippen LogP contribution < -0.4 is 0 Å². The number of aliphatic imine (C=N–C) groups is 2. The number of benzene rings is 1. The molecule has 0 amide bonds. The average molecular weight is 265 g/mol. The van der Waals surface area contributed by atoms with Crippen molar-refractivity contribution in [1.29, 1.82) is 0 Å². The molecular weight excluding hydrogens is 252 g/mol. The monoisotopic (exact) mass is 264 g/mol. The number of hydrogen-bond donors (Lipinski definition) is 0. The molecule has 0 radical (unpaired) electrons. The molecule has 0 saturated carbocycles. The van der Waals surface area contributed by atoms with Crippen molar-refractivity contribution in [1.82, 2.24) is 0 Å². The molecule has 1 aromatic carbocycles. The van der Waals surface area contributed by atoms with Crippen molar-refractivity contribution in [2.24, 2.45) is 9.98 Å². The minimum atomic E-state index is 0.288. The number of halogens is 1. The second-order valence-corrected chi connectivity index (χ2v) is 4.69. The molecule has 0 bridgehead atoms. The van der Waals surface area contributed by atoms with Crippen LogP contribution in [0.2, 0.25) is 0 Å². The van der Waals surface area contributed by atoms with Gasteiger partial charge in [0.1, 0.15) is 0 Å².